The van der Waals surface area contributed by atoms with Crippen molar-refractivity contribution in [1.29, 1.82) is 0 Å². The average Bonchev–Trinajstić information content (AvgIpc) is 2.19. The number of methoxy groups -OCH3 is 1. The van der Waals surface area contributed by atoms with Gasteiger partial charge in [0.2, 0.25) is 0 Å². The molecule has 2 nitrogen and oxygen atoms in total. The van der Waals surface area contributed by atoms with Crippen LogP contribution in [0.4, 0.5) is 5.69 Å². The lowest BCUT2D eigenvalue weighted by Crippen LogP contribution is -2.42. The molecule has 2 rings (SSSR count). The van der Waals surface area contributed by atoms with Crippen molar-refractivity contribution in [3.8, 4) is 0 Å². The average molecular weight is 205 g/mol. The maximum Gasteiger partial charge on any atom is 0.0690 e. The van der Waals surface area contributed by atoms with Crippen LogP contribution in [0.2, 0.25) is 0 Å². The molecular weight excluding hydrogens is 186 g/mol. The van der Waals surface area contributed by atoms with E-state index in [9.17, 15) is 0 Å². The van der Waals surface area contributed by atoms with E-state index in [4.69, 9.17) is 4.74 Å². The van der Waals surface area contributed by atoms with Crippen molar-refractivity contribution >= 4 is 5.69 Å². The van der Waals surface area contributed by atoms with E-state index in [0.29, 0.717) is 0 Å². The van der Waals surface area contributed by atoms with Crippen molar-refractivity contribution in [2.75, 3.05) is 19.0 Å². The van der Waals surface area contributed by atoms with Gasteiger partial charge >= 0.3 is 0 Å². The van der Waals surface area contributed by atoms with Crippen LogP contribution in [0.3, 0.4) is 0 Å². The molecule has 0 aromatic heterocycles. The number of hydrogen-bond acceptors (Lipinski definition) is 2. The van der Waals surface area contributed by atoms with Gasteiger partial charge in [-0.1, -0.05) is 17.7 Å². The van der Waals surface area contributed by atoms with Gasteiger partial charge in [-0.05, 0) is 38.3 Å². The number of ether oxygens (including phenoxy) is 1. The van der Waals surface area contributed by atoms with Crippen LogP contribution in [0, 0.1) is 6.92 Å². The topological polar surface area (TPSA) is 21.3 Å². The van der Waals surface area contributed by atoms with Gasteiger partial charge in [-0.2, -0.15) is 0 Å². The molecule has 0 amide bonds. The zero-order valence-electron chi connectivity index (χ0n) is 9.76. The summed E-state index contributed by atoms with van der Waals surface area (Å²) >= 11 is 0. The maximum absolute atomic E-state index is 5.26. The molecule has 2 heteroatoms. The molecule has 1 aromatic carbocycles. The zero-order valence-corrected chi connectivity index (χ0v) is 9.76. The fourth-order valence-corrected chi connectivity index (χ4v) is 2.28. The zero-order chi connectivity index (χ0) is 10.9. The summed E-state index contributed by atoms with van der Waals surface area (Å²) < 4.78 is 5.26. The van der Waals surface area contributed by atoms with Crippen LogP contribution in [0.25, 0.3) is 0 Å². The summed E-state index contributed by atoms with van der Waals surface area (Å²) in [7, 11) is 1.76. The summed E-state index contributed by atoms with van der Waals surface area (Å²) in [5, 5.41) is 3.58. The molecule has 1 aliphatic heterocycles. The molecule has 0 saturated carbocycles. The van der Waals surface area contributed by atoms with E-state index in [1.165, 1.54) is 16.8 Å². The molecule has 82 valence electrons. The van der Waals surface area contributed by atoms with Gasteiger partial charge in [-0.15, -0.1) is 0 Å². The minimum Gasteiger partial charge on any atom is -0.382 e. The van der Waals surface area contributed by atoms with Gasteiger partial charge in [-0.3, -0.25) is 0 Å². The molecule has 0 fully saturated rings. The van der Waals surface area contributed by atoms with E-state index in [2.05, 4.69) is 37.4 Å². The van der Waals surface area contributed by atoms with Gasteiger partial charge in [0.15, 0.2) is 0 Å². The Morgan fingerprint density at radius 3 is 3.00 bits per heavy atom. The predicted molar refractivity (Wildman–Crippen MR) is 63.4 cm³/mol. The minimum atomic E-state index is 0.0943. The number of nitrogens with one attached hydrogen (secondary N) is 1. The van der Waals surface area contributed by atoms with Crippen LogP contribution < -0.4 is 5.32 Å². The summed E-state index contributed by atoms with van der Waals surface area (Å²) in [5.41, 5.74) is 4.14. The van der Waals surface area contributed by atoms with E-state index in [-0.39, 0.29) is 5.54 Å². The Bertz CT molecular complexity index is 362. The first kappa shape index (κ1) is 10.5. The quantitative estimate of drug-likeness (QED) is 0.801. The SMILES string of the molecule is COCC1(C)CCc2cc(C)ccc2N1. The van der Waals surface area contributed by atoms with E-state index in [1.54, 1.807) is 7.11 Å². The lowest BCUT2D eigenvalue weighted by atomic mass is 9.88. The summed E-state index contributed by atoms with van der Waals surface area (Å²) in [6.45, 7) is 5.13. The maximum atomic E-state index is 5.26. The van der Waals surface area contributed by atoms with Crippen LogP contribution in [-0.4, -0.2) is 19.3 Å². The molecule has 0 aliphatic carbocycles. The van der Waals surface area contributed by atoms with Gasteiger partial charge in [0.05, 0.1) is 12.1 Å². The Morgan fingerprint density at radius 2 is 2.27 bits per heavy atom. The first-order valence-electron chi connectivity index (χ1n) is 5.50. The first-order valence-corrected chi connectivity index (χ1v) is 5.50. The highest BCUT2D eigenvalue weighted by molar-refractivity contribution is 5.56. The molecule has 1 N–H and O–H groups in total. The molecule has 0 radical (unpaired) electrons. The van der Waals surface area contributed by atoms with Crippen molar-refractivity contribution < 1.29 is 4.74 Å². The third kappa shape index (κ3) is 2.15. The Hall–Kier alpha value is -1.02. The predicted octanol–water partition coefficient (Wildman–Crippen LogP) is 2.76. The molecule has 0 saturated heterocycles. The third-order valence-corrected chi connectivity index (χ3v) is 3.11. The Labute approximate surface area is 91.6 Å². The molecule has 1 unspecified atom stereocenters. The normalized spacial score (nSPS) is 24.5. The van der Waals surface area contributed by atoms with Crippen molar-refractivity contribution in [1.82, 2.24) is 0 Å². The number of benzene rings is 1. The molecule has 1 aromatic rings. The van der Waals surface area contributed by atoms with Gasteiger partial charge in [-0.25, -0.2) is 0 Å². The fourth-order valence-electron chi connectivity index (χ4n) is 2.28. The van der Waals surface area contributed by atoms with Crippen molar-refractivity contribution in [2.45, 2.75) is 32.2 Å². The Balaban J connectivity index is 2.23. The Kier molecular flexibility index (Phi) is 2.70. The molecule has 1 aliphatic rings. The summed E-state index contributed by atoms with van der Waals surface area (Å²) in [6, 6.07) is 6.61. The number of aryl methyl sites for hydroxylation is 2. The lowest BCUT2D eigenvalue weighted by Gasteiger charge is -2.36. The second-order valence-electron chi connectivity index (χ2n) is 4.78. The Morgan fingerprint density at radius 1 is 1.47 bits per heavy atom. The first-order chi connectivity index (χ1) is 7.13. The van der Waals surface area contributed by atoms with Gasteiger partial charge in [0, 0.05) is 12.8 Å². The largest absolute Gasteiger partial charge is 0.382 e. The lowest BCUT2D eigenvalue weighted by molar-refractivity contribution is 0.144. The minimum absolute atomic E-state index is 0.0943. The number of fused-ring (bicyclic) bond motifs is 1. The van der Waals surface area contributed by atoms with Gasteiger partial charge in [0.1, 0.15) is 0 Å². The van der Waals surface area contributed by atoms with Crippen LogP contribution in [0.15, 0.2) is 18.2 Å². The summed E-state index contributed by atoms with van der Waals surface area (Å²) in [6.07, 6.45) is 2.28. The molecule has 1 atom stereocenters. The van der Waals surface area contributed by atoms with Crippen molar-refractivity contribution in [3.05, 3.63) is 29.3 Å². The third-order valence-electron chi connectivity index (χ3n) is 3.11. The molecule has 15 heavy (non-hydrogen) atoms. The molecule has 0 spiro atoms. The van der Waals surface area contributed by atoms with Crippen LogP contribution in [0.1, 0.15) is 24.5 Å². The fraction of sp³-hybridized carbons (Fsp3) is 0.538. The highest BCUT2D eigenvalue weighted by Gasteiger charge is 2.28. The van der Waals surface area contributed by atoms with Crippen molar-refractivity contribution in [2.24, 2.45) is 0 Å². The van der Waals surface area contributed by atoms with E-state index < -0.39 is 0 Å². The van der Waals surface area contributed by atoms with Crippen LogP contribution in [0.5, 0.6) is 0 Å². The highest BCUT2D eigenvalue weighted by atomic mass is 16.5. The molecule has 0 bridgehead atoms. The van der Waals surface area contributed by atoms with E-state index in [0.717, 1.165) is 19.4 Å². The summed E-state index contributed by atoms with van der Waals surface area (Å²) in [4.78, 5) is 0. The molecule has 1 heterocycles. The number of rotatable bonds is 2. The second kappa shape index (κ2) is 3.86. The van der Waals surface area contributed by atoms with Crippen LogP contribution in [-0.2, 0) is 11.2 Å². The standard InChI is InChI=1S/C13H19NO/c1-10-4-5-12-11(8-10)6-7-13(2,14-12)9-15-3/h4-5,8,14H,6-7,9H2,1-3H3. The van der Waals surface area contributed by atoms with E-state index >= 15 is 0 Å². The number of anilines is 1. The molecular formula is C13H19NO. The van der Waals surface area contributed by atoms with Gasteiger partial charge < -0.3 is 10.1 Å². The highest BCUT2D eigenvalue weighted by Crippen LogP contribution is 2.31. The monoisotopic (exact) mass is 205 g/mol. The number of hydrogen-bond donors (Lipinski definition) is 1. The summed E-state index contributed by atoms with van der Waals surface area (Å²) in [5.74, 6) is 0. The van der Waals surface area contributed by atoms with E-state index in [1.807, 2.05) is 0 Å². The second-order valence-corrected chi connectivity index (χ2v) is 4.78. The smallest absolute Gasteiger partial charge is 0.0690 e. The van der Waals surface area contributed by atoms with Gasteiger partial charge in [0.25, 0.3) is 0 Å². The van der Waals surface area contributed by atoms with Crippen LogP contribution >= 0.6 is 0 Å². The van der Waals surface area contributed by atoms with Crippen molar-refractivity contribution in [3.63, 3.8) is 0 Å².